The van der Waals surface area contributed by atoms with E-state index in [1.807, 2.05) is 0 Å². The van der Waals surface area contributed by atoms with Crippen molar-refractivity contribution in [1.29, 1.82) is 0 Å². The van der Waals surface area contributed by atoms with Gasteiger partial charge in [0.05, 0.1) is 40.3 Å². The first-order valence-corrected chi connectivity index (χ1v) is 12.7. The number of nitrogens with one attached hydrogen (secondary N) is 2. The molecule has 2 aliphatic rings. The molecule has 162 valence electrons. The maximum Gasteiger partial charge on any atom is 0.265 e. The van der Waals surface area contributed by atoms with Crippen molar-refractivity contribution in [2.24, 2.45) is 0 Å². The molecule has 2 aromatic rings. The Morgan fingerprint density at radius 1 is 1.30 bits per heavy atom. The molecule has 0 saturated carbocycles. The van der Waals surface area contributed by atoms with Gasteiger partial charge in [0.15, 0.2) is 15.9 Å². The van der Waals surface area contributed by atoms with Crippen LogP contribution in [0.1, 0.15) is 30.8 Å². The van der Waals surface area contributed by atoms with Crippen molar-refractivity contribution in [3.8, 4) is 5.75 Å². The van der Waals surface area contributed by atoms with E-state index < -0.39 is 26.0 Å². The van der Waals surface area contributed by atoms with Gasteiger partial charge in [-0.1, -0.05) is 0 Å². The molecule has 1 fully saturated rings. The standard InChI is InChI=1S/C18H22N4O6S2/c1-10-17(11(2)22(20-10)14-6-7-29(24,25)9-14)30(26,27)21-13-4-5-16-15(8-13)19-18(23)12(3)28-16/h4-5,8,12,14,21H,6-7,9H2,1-3H3,(H,19,23). The minimum atomic E-state index is -4.00. The molecule has 10 nitrogen and oxygen atoms in total. The summed E-state index contributed by atoms with van der Waals surface area (Å²) in [6.07, 6.45) is -0.226. The van der Waals surface area contributed by atoms with Gasteiger partial charge in [-0.2, -0.15) is 5.10 Å². The van der Waals surface area contributed by atoms with Crippen LogP contribution in [0.2, 0.25) is 0 Å². The third-order valence-electron chi connectivity index (χ3n) is 5.24. The van der Waals surface area contributed by atoms with Gasteiger partial charge < -0.3 is 10.1 Å². The van der Waals surface area contributed by atoms with Crippen LogP contribution in [0, 0.1) is 13.8 Å². The van der Waals surface area contributed by atoms with Crippen LogP contribution in [0.25, 0.3) is 0 Å². The molecule has 1 aromatic heterocycles. The number of rotatable bonds is 4. The lowest BCUT2D eigenvalue weighted by atomic mass is 10.2. The monoisotopic (exact) mass is 454 g/mol. The number of amides is 1. The van der Waals surface area contributed by atoms with Crippen LogP contribution in [-0.4, -0.2) is 50.1 Å². The van der Waals surface area contributed by atoms with E-state index in [-0.39, 0.29) is 39.7 Å². The topological polar surface area (TPSA) is 136 Å². The summed E-state index contributed by atoms with van der Waals surface area (Å²) in [5, 5.41) is 6.99. The number of aromatic nitrogens is 2. The van der Waals surface area contributed by atoms with Gasteiger partial charge in [-0.3, -0.25) is 14.2 Å². The number of carbonyl (C=O) groups is 1. The summed E-state index contributed by atoms with van der Waals surface area (Å²) < 4.78 is 59.3. The Kier molecular flexibility index (Phi) is 4.81. The molecule has 2 atom stereocenters. The van der Waals surface area contributed by atoms with E-state index in [4.69, 9.17) is 4.74 Å². The summed E-state index contributed by atoms with van der Waals surface area (Å²) in [6, 6.07) is 4.22. The molecular formula is C18H22N4O6S2. The molecule has 1 amide bonds. The zero-order valence-electron chi connectivity index (χ0n) is 16.7. The number of hydrogen-bond donors (Lipinski definition) is 2. The van der Waals surface area contributed by atoms with Crippen LogP contribution in [0.15, 0.2) is 23.1 Å². The molecule has 4 rings (SSSR count). The summed E-state index contributed by atoms with van der Waals surface area (Å²) in [7, 11) is -7.14. The highest BCUT2D eigenvalue weighted by Crippen LogP contribution is 2.34. The van der Waals surface area contributed by atoms with E-state index in [0.717, 1.165) is 0 Å². The Labute approximate surface area is 174 Å². The molecule has 0 radical (unpaired) electrons. The third-order valence-corrected chi connectivity index (χ3v) is 8.63. The first-order chi connectivity index (χ1) is 14.0. The maximum atomic E-state index is 13.1. The molecule has 0 bridgehead atoms. The number of anilines is 2. The number of aryl methyl sites for hydroxylation is 1. The summed E-state index contributed by atoms with van der Waals surface area (Å²) in [6.45, 7) is 4.80. The normalized spacial score (nSPS) is 22.8. The Morgan fingerprint density at radius 2 is 2.03 bits per heavy atom. The largest absolute Gasteiger partial charge is 0.479 e. The van der Waals surface area contributed by atoms with Crippen LogP contribution >= 0.6 is 0 Å². The second-order valence-corrected chi connectivity index (χ2v) is 11.4. The molecule has 1 aromatic carbocycles. The van der Waals surface area contributed by atoms with E-state index >= 15 is 0 Å². The highest BCUT2D eigenvalue weighted by Gasteiger charge is 2.34. The van der Waals surface area contributed by atoms with Gasteiger partial charge >= 0.3 is 0 Å². The van der Waals surface area contributed by atoms with Gasteiger partial charge in [0, 0.05) is 0 Å². The second kappa shape index (κ2) is 6.98. The predicted molar refractivity (Wildman–Crippen MR) is 110 cm³/mol. The first-order valence-electron chi connectivity index (χ1n) is 9.37. The van der Waals surface area contributed by atoms with Gasteiger partial charge in [-0.25, -0.2) is 16.8 Å². The third kappa shape index (κ3) is 3.65. The van der Waals surface area contributed by atoms with Crippen molar-refractivity contribution in [2.45, 2.75) is 44.2 Å². The van der Waals surface area contributed by atoms with Crippen molar-refractivity contribution >= 4 is 37.1 Å². The van der Waals surface area contributed by atoms with Gasteiger partial charge in [-0.15, -0.1) is 0 Å². The number of nitrogens with zero attached hydrogens (tertiary/aromatic N) is 2. The predicted octanol–water partition coefficient (Wildman–Crippen LogP) is 1.38. The minimum absolute atomic E-state index is 0.0124. The van der Waals surface area contributed by atoms with Crippen LogP contribution in [0.5, 0.6) is 5.75 Å². The fourth-order valence-electron chi connectivity index (χ4n) is 3.84. The molecule has 2 aliphatic heterocycles. The van der Waals surface area contributed by atoms with Gasteiger partial charge in [-0.05, 0) is 45.4 Å². The average Bonchev–Trinajstić information content (AvgIpc) is 3.14. The van der Waals surface area contributed by atoms with E-state index in [2.05, 4.69) is 15.1 Å². The van der Waals surface area contributed by atoms with E-state index in [0.29, 0.717) is 23.6 Å². The maximum absolute atomic E-state index is 13.1. The first kappa shape index (κ1) is 20.7. The Bertz CT molecular complexity index is 1250. The molecule has 30 heavy (non-hydrogen) atoms. The van der Waals surface area contributed by atoms with Gasteiger partial charge in [0.25, 0.3) is 15.9 Å². The van der Waals surface area contributed by atoms with Crippen molar-refractivity contribution < 1.29 is 26.4 Å². The molecule has 2 unspecified atom stereocenters. The Balaban J connectivity index is 1.64. The summed E-state index contributed by atoms with van der Waals surface area (Å²) >= 11 is 0. The smallest absolute Gasteiger partial charge is 0.265 e. The fraction of sp³-hybridized carbons (Fsp3) is 0.444. The number of hydrogen-bond acceptors (Lipinski definition) is 7. The van der Waals surface area contributed by atoms with Crippen LogP contribution in [0.3, 0.4) is 0 Å². The number of carbonyl (C=O) groups excluding carboxylic acids is 1. The molecule has 2 N–H and O–H groups in total. The summed E-state index contributed by atoms with van der Waals surface area (Å²) in [5.41, 5.74) is 1.29. The number of benzene rings is 1. The molecule has 12 heteroatoms. The molecule has 0 spiro atoms. The van der Waals surface area contributed by atoms with Crippen molar-refractivity contribution in [3.63, 3.8) is 0 Å². The van der Waals surface area contributed by atoms with Crippen molar-refractivity contribution in [3.05, 3.63) is 29.6 Å². The second-order valence-electron chi connectivity index (χ2n) is 7.57. The SMILES string of the molecule is Cc1nn(C2CCS(=O)(=O)C2)c(C)c1S(=O)(=O)Nc1ccc2c(c1)NC(=O)C(C)O2. The lowest BCUT2D eigenvalue weighted by Gasteiger charge is -2.23. The highest BCUT2D eigenvalue weighted by molar-refractivity contribution is 7.92. The van der Waals surface area contributed by atoms with Gasteiger partial charge in [0.1, 0.15) is 10.6 Å². The highest BCUT2D eigenvalue weighted by atomic mass is 32.2. The number of sulfone groups is 1. The van der Waals surface area contributed by atoms with Crippen LogP contribution in [0.4, 0.5) is 11.4 Å². The Hall–Kier alpha value is -2.60. The minimum Gasteiger partial charge on any atom is -0.479 e. The molecule has 0 aliphatic carbocycles. The number of ether oxygens (including phenoxy) is 1. The van der Waals surface area contributed by atoms with E-state index in [1.165, 1.54) is 10.7 Å². The molecule has 3 heterocycles. The van der Waals surface area contributed by atoms with Gasteiger partial charge in [0.2, 0.25) is 0 Å². The number of fused-ring (bicyclic) bond motifs is 1. The summed E-state index contributed by atoms with van der Waals surface area (Å²) in [5.74, 6) is 0.151. The molecular weight excluding hydrogens is 432 g/mol. The zero-order chi connectivity index (χ0) is 21.8. The Morgan fingerprint density at radius 3 is 2.70 bits per heavy atom. The summed E-state index contributed by atoms with van der Waals surface area (Å²) in [4.78, 5) is 11.8. The van der Waals surface area contributed by atoms with Crippen LogP contribution in [-0.2, 0) is 24.7 Å². The zero-order valence-corrected chi connectivity index (χ0v) is 18.3. The lowest BCUT2D eigenvalue weighted by molar-refractivity contribution is -0.122. The number of sulfonamides is 1. The van der Waals surface area contributed by atoms with E-state index in [9.17, 15) is 21.6 Å². The lowest BCUT2D eigenvalue weighted by Crippen LogP contribution is -2.34. The fourth-order valence-corrected chi connectivity index (χ4v) is 6.98. The molecule has 1 saturated heterocycles. The van der Waals surface area contributed by atoms with E-state index in [1.54, 1.807) is 32.9 Å². The quantitative estimate of drug-likeness (QED) is 0.712. The average molecular weight is 455 g/mol. The van der Waals surface area contributed by atoms with Crippen LogP contribution < -0.4 is 14.8 Å². The van der Waals surface area contributed by atoms with Crippen molar-refractivity contribution in [2.75, 3.05) is 21.5 Å². The van der Waals surface area contributed by atoms with Crippen molar-refractivity contribution in [1.82, 2.24) is 9.78 Å².